The van der Waals surface area contributed by atoms with E-state index < -0.39 is 0 Å². The molecule has 0 aliphatic carbocycles. The summed E-state index contributed by atoms with van der Waals surface area (Å²) in [7, 11) is 0. The quantitative estimate of drug-likeness (QED) is 0.773. The first-order chi connectivity index (χ1) is 11.6. The van der Waals surface area contributed by atoms with Crippen LogP contribution in [-0.4, -0.2) is 22.3 Å². The SMILES string of the molecule is Cc1[nH]c2ccc(C(=O)N(CCC#N)Cc3ccco3)cc2c1C. The number of aromatic amines is 1. The van der Waals surface area contributed by atoms with Crippen LogP contribution < -0.4 is 0 Å². The second-order valence-corrected chi connectivity index (χ2v) is 5.85. The Bertz CT molecular complexity index is 901. The Balaban J connectivity index is 1.91. The lowest BCUT2D eigenvalue weighted by Crippen LogP contribution is -2.31. The number of hydrogen-bond donors (Lipinski definition) is 1. The molecule has 122 valence electrons. The van der Waals surface area contributed by atoms with Crippen molar-refractivity contribution in [2.24, 2.45) is 0 Å². The van der Waals surface area contributed by atoms with E-state index in [1.807, 2.05) is 38.1 Å². The minimum Gasteiger partial charge on any atom is -0.467 e. The number of nitriles is 1. The number of carbonyl (C=O) groups excluding carboxylic acids is 1. The predicted molar refractivity (Wildman–Crippen MR) is 91.5 cm³/mol. The molecule has 0 saturated heterocycles. The molecule has 0 aliphatic rings. The molecule has 2 heterocycles. The van der Waals surface area contributed by atoms with Crippen LogP contribution in [0.4, 0.5) is 0 Å². The van der Waals surface area contributed by atoms with Gasteiger partial charge >= 0.3 is 0 Å². The van der Waals surface area contributed by atoms with E-state index in [4.69, 9.17) is 9.68 Å². The van der Waals surface area contributed by atoms with Gasteiger partial charge in [0.2, 0.25) is 0 Å². The van der Waals surface area contributed by atoms with Gasteiger partial charge in [0.1, 0.15) is 5.76 Å². The van der Waals surface area contributed by atoms with E-state index in [9.17, 15) is 4.79 Å². The molecule has 1 aromatic carbocycles. The molecule has 2 aromatic heterocycles. The number of furan rings is 1. The van der Waals surface area contributed by atoms with Crippen molar-refractivity contribution in [2.75, 3.05) is 6.54 Å². The summed E-state index contributed by atoms with van der Waals surface area (Å²) in [5.41, 5.74) is 3.89. The maximum atomic E-state index is 12.9. The van der Waals surface area contributed by atoms with Crippen LogP contribution in [0.1, 0.15) is 33.8 Å². The summed E-state index contributed by atoms with van der Waals surface area (Å²) >= 11 is 0. The number of aryl methyl sites for hydroxylation is 2. The van der Waals surface area contributed by atoms with E-state index in [-0.39, 0.29) is 12.3 Å². The summed E-state index contributed by atoms with van der Waals surface area (Å²) < 4.78 is 5.34. The molecule has 3 rings (SSSR count). The number of fused-ring (bicyclic) bond motifs is 1. The van der Waals surface area contributed by atoms with Crippen molar-refractivity contribution < 1.29 is 9.21 Å². The number of rotatable bonds is 5. The van der Waals surface area contributed by atoms with Gasteiger partial charge in [-0.05, 0) is 49.7 Å². The van der Waals surface area contributed by atoms with Crippen molar-refractivity contribution in [1.82, 2.24) is 9.88 Å². The average Bonchev–Trinajstić information content (AvgIpc) is 3.19. The summed E-state index contributed by atoms with van der Waals surface area (Å²) in [6, 6.07) is 11.4. The van der Waals surface area contributed by atoms with Gasteiger partial charge in [-0.25, -0.2) is 0 Å². The first kappa shape index (κ1) is 15.9. The van der Waals surface area contributed by atoms with Gasteiger partial charge in [0.15, 0.2) is 0 Å². The van der Waals surface area contributed by atoms with Crippen LogP contribution in [0, 0.1) is 25.2 Å². The number of H-pyrrole nitrogens is 1. The van der Waals surface area contributed by atoms with Gasteiger partial charge in [-0.15, -0.1) is 0 Å². The van der Waals surface area contributed by atoms with Crippen molar-refractivity contribution in [3.05, 3.63) is 59.2 Å². The molecule has 0 saturated carbocycles. The zero-order chi connectivity index (χ0) is 17.1. The van der Waals surface area contributed by atoms with Crippen LogP contribution in [0.25, 0.3) is 10.9 Å². The van der Waals surface area contributed by atoms with Gasteiger partial charge in [0.25, 0.3) is 5.91 Å². The molecule has 0 radical (unpaired) electrons. The average molecular weight is 321 g/mol. The Hall–Kier alpha value is -3.00. The molecule has 5 heteroatoms. The molecule has 0 aliphatic heterocycles. The van der Waals surface area contributed by atoms with E-state index in [1.54, 1.807) is 17.2 Å². The first-order valence-corrected chi connectivity index (χ1v) is 7.87. The summed E-state index contributed by atoms with van der Waals surface area (Å²) in [4.78, 5) is 17.9. The Morgan fingerprint density at radius 3 is 2.88 bits per heavy atom. The fourth-order valence-corrected chi connectivity index (χ4v) is 2.80. The smallest absolute Gasteiger partial charge is 0.254 e. The molecule has 1 N–H and O–H groups in total. The highest BCUT2D eigenvalue weighted by atomic mass is 16.3. The van der Waals surface area contributed by atoms with Gasteiger partial charge in [-0.1, -0.05) is 0 Å². The lowest BCUT2D eigenvalue weighted by Gasteiger charge is -2.20. The third kappa shape index (κ3) is 3.04. The predicted octanol–water partition coefficient (Wildman–Crippen LogP) is 3.93. The summed E-state index contributed by atoms with van der Waals surface area (Å²) in [6.45, 7) is 4.79. The monoisotopic (exact) mass is 321 g/mol. The Kier molecular flexibility index (Phi) is 4.39. The van der Waals surface area contributed by atoms with E-state index >= 15 is 0 Å². The topological polar surface area (TPSA) is 73.0 Å². The third-order valence-corrected chi connectivity index (χ3v) is 4.26. The maximum absolute atomic E-state index is 12.9. The zero-order valence-corrected chi connectivity index (χ0v) is 13.8. The molecule has 24 heavy (non-hydrogen) atoms. The lowest BCUT2D eigenvalue weighted by molar-refractivity contribution is 0.0735. The highest BCUT2D eigenvalue weighted by Gasteiger charge is 2.18. The highest BCUT2D eigenvalue weighted by Crippen LogP contribution is 2.23. The van der Waals surface area contributed by atoms with E-state index in [0.717, 1.165) is 22.2 Å². The second-order valence-electron chi connectivity index (χ2n) is 5.85. The van der Waals surface area contributed by atoms with Gasteiger partial charge in [0.05, 0.1) is 25.3 Å². The molecular weight excluding hydrogens is 302 g/mol. The Morgan fingerprint density at radius 1 is 1.33 bits per heavy atom. The number of nitrogens with one attached hydrogen (secondary N) is 1. The molecule has 0 unspecified atom stereocenters. The van der Waals surface area contributed by atoms with Crippen molar-refractivity contribution in [1.29, 1.82) is 5.26 Å². The third-order valence-electron chi connectivity index (χ3n) is 4.26. The molecule has 0 spiro atoms. The van der Waals surface area contributed by atoms with Crippen LogP contribution in [0.15, 0.2) is 41.0 Å². The molecule has 0 bridgehead atoms. The molecule has 0 atom stereocenters. The Morgan fingerprint density at radius 2 is 2.17 bits per heavy atom. The molecule has 5 nitrogen and oxygen atoms in total. The van der Waals surface area contributed by atoms with E-state index in [0.29, 0.717) is 24.4 Å². The van der Waals surface area contributed by atoms with Crippen LogP contribution >= 0.6 is 0 Å². The maximum Gasteiger partial charge on any atom is 0.254 e. The molecule has 3 aromatic rings. The van der Waals surface area contributed by atoms with Crippen LogP contribution in [-0.2, 0) is 6.54 Å². The summed E-state index contributed by atoms with van der Waals surface area (Å²) in [6.07, 6.45) is 1.87. The van der Waals surface area contributed by atoms with Crippen LogP contribution in [0.5, 0.6) is 0 Å². The highest BCUT2D eigenvalue weighted by molar-refractivity contribution is 5.99. The van der Waals surface area contributed by atoms with Crippen molar-refractivity contribution in [2.45, 2.75) is 26.8 Å². The zero-order valence-electron chi connectivity index (χ0n) is 13.8. The molecular formula is C19H19N3O2. The number of aromatic nitrogens is 1. The van der Waals surface area contributed by atoms with Crippen LogP contribution in [0.3, 0.4) is 0 Å². The van der Waals surface area contributed by atoms with Gasteiger partial charge in [-0.3, -0.25) is 4.79 Å². The summed E-state index contributed by atoms with van der Waals surface area (Å²) in [5, 5.41) is 9.91. The van der Waals surface area contributed by atoms with E-state index in [1.165, 1.54) is 0 Å². The number of hydrogen-bond acceptors (Lipinski definition) is 3. The fraction of sp³-hybridized carbons (Fsp3) is 0.263. The first-order valence-electron chi connectivity index (χ1n) is 7.87. The number of benzene rings is 1. The number of amides is 1. The van der Waals surface area contributed by atoms with Crippen molar-refractivity contribution in [3.63, 3.8) is 0 Å². The van der Waals surface area contributed by atoms with E-state index in [2.05, 4.69) is 11.1 Å². The van der Waals surface area contributed by atoms with Crippen molar-refractivity contribution in [3.8, 4) is 6.07 Å². The fourth-order valence-electron chi connectivity index (χ4n) is 2.80. The van der Waals surface area contributed by atoms with Crippen molar-refractivity contribution >= 4 is 16.8 Å². The summed E-state index contributed by atoms with van der Waals surface area (Å²) in [5.74, 6) is 0.609. The van der Waals surface area contributed by atoms with Gasteiger partial charge in [0, 0.05) is 28.7 Å². The molecule has 1 amide bonds. The number of nitrogens with zero attached hydrogens (tertiary/aromatic N) is 2. The minimum absolute atomic E-state index is 0.0956. The van der Waals surface area contributed by atoms with Gasteiger partial charge < -0.3 is 14.3 Å². The van der Waals surface area contributed by atoms with Crippen LogP contribution in [0.2, 0.25) is 0 Å². The standard InChI is InChI=1S/C19H19N3O2/c1-13-14(2)21-18-7-6-15(11-17(13)18)19(23)22(9-4-8-20)12-16-5-3-10-24-16/h3,5-7,10-11,21H,4,9,12H2,1-2H3. The lowest BCUT2D eigenvalue weighted by atomic mass is 10.1. The Labute approximate surface area is 140 Å². The largest absolute Gasteiger partial charge is 0.467 e. The van der Waals surface area contributed by atoms with Gasteiger partial charge in [-0.2, -0.15) is 5.26 Å². The normalized spacial score (nSPS) is 10.7. The molecule has 0 fully saturated rings. The second kappa shape index (κ2) is 6.63. The minimum atomic E-state index is -0.0956. The number of carbonyl (C=O) groups is 1.